The van der Waals surface area contributed by atoms with Crippen LogP contribution < -0.4 is 16.4 Å². The molecule has 4 heteroatoms. The van der Waals surface area contributed by atoms with E-state index in [4.69, 9.17) is 5.73 Å². The fourth-order valence-electron chi connectivity index (χ4n) is 1.54. The quantitative estimate of drug-likeness (QED) is 0.781. The predicted octanol–water partition coefficient (Wildman–Crippen LogP) is 3.19. The fourth-order valence-corrected chi connectivity index (χ4v) is 1.54. The number of carbonyl (C=O) groups excluding carboxylic acids is 1. The lowest BCUT2D eigenvalue weighted by Gasteiger charge is -2.24. The standard InChI is InChI=1S/C15H25N3O/c1-6-14(2,3)18-13(19)17-12-9-7-11(8-10-12)15(4,5)16/h7-10H,6,16H2,1-5H3,(H2,17,18,19). The van der Waals surface area contributed by atoms with Crippen LogP contribution in [-0.4, -0.2) is 11.6 Å². The molecule has 0 spiro atoms. The van der Waals surface area contributed by atoms with E-state index in [2.05, 4.69) is 10.6 Å². The van der Waals surface area contributed by atoms with Crippen molar-refractivity contribution in [3.8, 4) is 0 Å². The van der Waals surface area contributed by atoms with Crippen molar-refractivity contribution in [1.29, 1.82) is 0 Å². The molecule has 0 saturated carbocycles. The van der Waals surface area contributed by atoms with Crippen LogP contribution in [-0.2, 0) is 5.54 Å². The molecule has 0 unspecified atom stereocenters. The topological polar surface area (TPSA) is 67.2 Å². The van der Waals surface area contributed by atoms with Gasteiger partial charge in [-0.25, -0.2) is 4.79 Å². The smallest absolute Gasteiger partial charge is 0.319 e. The Bertz CT molecular complexity index is 430. The van der Waals surface area contributed by atoms with Crippen LogP contribution in [0.25, 0.3) is 0 Å². The average Bonchev–Trinajstić information content (AvgIpc) is 2.27. The second-order valence-corrected chi connectivity index (χ2v) is 6.12. The fraction of sp³-hybridized carbons (Fsp3) is 0.533. The summed E-state index contributed by atoms with van der Waals surface area (Å²) in [6.07, 6.45) is 0.876. The molecule has 1 aromatic rings. The maximum Gasteiger partial charge on any atom is 0.319 e. The number of carbonyl (C=O) groups is 1. The number of nitrogens with two attached hydrogens (primary N) is 1. The third kappa shape index (κ3) is 4.91. The zero-order valence-electron chi connectivity index (χ0n) is 12.5. The molecule has 0 fully saturated rings. The third-order valence-electron chi connectivity index (χ3n) is 3.22. The van der Waals surface area contributed by atoms with Gasteiger partial charge in [0.1, 0.15) is 0 Å². The van der Waals surface area contributed by atoms with Gasteiger partial charge in [-0.2, -0.15) is 0 Å². The molecule has 0 atom stereocenters. The van der Waals surface area contributed by atoms with Crippen LogP contribution in [0.3, 0.4) is 0 Å². The summed E-state index contributed by atoms with van der Waals surface area (Å²) in [5.74, 6) is 0. The van der Waals surface area contributed by atoms with Crippen LogP contribution in [0, 0.1) is 0 Å². The molecule has 1 rings (SSSR count). The summed E-state index contributed by atoms with van der Waals surface area (Å²) in [5.41, 5.74) is 7.23. The summed E-state index contributed by atoms with van der Waals surface area (Å²) in [5, 5.41) is 5.74. The normalized spacial score (nSPS) is 12.1. The monoisotopic (exact) mass is 263 g/mol. The van der Waals surface area contributed by atoms with Gasteiger partial charge in [0, 0.05) is 16.8 Å². The Morgan fingerprint density at radius 3 is 2.11 bits per heavy atom. The maximum absolute atomic E-state index is 11.8. The summed E-state index contributed by atoms with van der Waals surface area (Å²) in [7, 11) is 0. The van der Waals surface area contributed by atoms with E-state index >= 15 is 0 Å². The molecule has 0 aliphatic heterocycles. The maximum atomic E-state index is 11.8. The third-order valence-corrected chi connectivity index (χ3v) is 3.22. The van der Waals surface area contributed by atoms with Gasteiger partial charge in [0.15, 0.2) is 0 Å². The van der Waals surface area contributed by atoms with Crippen LogP contribution >= 0.6 is 0 Å². The molecule has 0 bridgehead atoms. The van der Waals surface area contributed by atoms with E-state index in [1.54, 1.807) is 0 Å². The highest BCUT2D eigenvalue weighted by Gasteiger charge is 2.18. The lowest BCUT2D eigenvalue weighted by atomic mass is 9.96. The lowest BCUT2D eigenvalue weighted by molar-refractivity contribution is 0.240. The van der Waals surface area contributed by atoms with Crippen LogP contribution in [0.15, 0.2) is 24.3 Å². The Labute approximate surface area is 115 Å². The van der Waals surface area contributed by atoms with Crippen molar-refractivity contribution in [3.05, 3.63) is 29.8 Å². The summed E-state index contributed by atoms with van der Waals surface area (Å²) in [4.78, 5) is 11.8. The molecule has 0 aromatic heterocycles. The summed E-state index contributed by atoms with van der Waals surface area (Å²) in [6.45, 7) is 9.93. The summed E-state index contributed by atoms with van der Waals surface area (Å²) in [6, 6.07) is 7.40. The minimum Gasteiger partial charge on any atom is -0.333 e. The molecular formula is C15H25N3O. The van der Waals surface area contributed by atoms with Gasteiger partial charge in [0.2, 0.25) is 0 Å². The highest BCUT2D eigenvalue weighted by molar-refractivity contribution is 5.89. The first-order chi connectivity index (χ1) is 8.64. The number of hydrogen-bond acceptors (Lipinski definition) is 2. The molecular weight excluding hydrogens is 238 g/mol. The number of benzene rings is 1. The van der Waals surface area contributed by atoms with Crippen molar-refractivity contribution in [3.63, 3.8) is 0 Å². The van der Waals surface area contributed by atoms with E-state index < -0.39 is 0 Å². The molecule has 106 valence electrons. The molecule has 19 heavy (non-hydrogen) atoms. The van der Waals surface area contributed by atoms with Gasteiger partial charge in [-0.05, 0) is 51.8 Å². The Kier molecular flexibility index (Phi) is 4.58. The summed E-state index contributed by atoms with van der Waals surface area (Å²) < 4.78 is 0. The minimum absolute atomic E-state index is 0.188. The molecule has 0 radical (unpaired) electrons. The first-order valence-corrected chi connectivity index (χ1v) is 6.62. The number of nitrogens with one attached hydrogen (secondary N) is 2. The highest BCUT2D eigenvalue weighted by atomic mass is 16.2. The van der Waals surface area contributed by atoms with Crippen molar-refractivity contribution in [1.82, 2.24) is 5.32 Å². The van der Waals surface area contributed by atoms with E-state index in [1.165, 1.54) is 0 Å². The molecule has 4 nitrogen and oxygen atoms in total. The van der Waals surface area contributed by atoms with Crippen LogP contribution in [0.5, 0.6) is 0 Å². The molecule has 0 saturated heterocycles. The van der Waals surface area contributed by atoms with Gasteiger partial charge in [-0.15, -0.1) is 0 Å². The molecule has 2 amide bonds. The van der Waals surface area contributed by atoms with Crippen molar-refractivity contribution in [2.75, 3.05) is 5.32 Å². The second-order valence-electron chi connectivity index (χ2n) is 6.12. The first-order valence-electron chi connectivity index (χ1n) is 6.62. The number of anilines is 1. The number of urea groups is 1. The van der Waals surface area contributed by atoms with Gasteiger partial charge in [-0.3, -0.25) is 0 Å². The largest absolute Gasteiger partial charge is 0.333 e. The van der Waals surface area contributed by atoms with Crippen molar-refractivity contribution < 1.29 is 4.79 Å². The molecule has 0 heterocycles. The predicted molar refractivity (Wildman–Crippen MR) is 80.2 cm³/mol. The lowest BCUT2D eigenvalue weighted by Crippen LogP contribution is -2.45. The molecule has 1 aromatic carbocycles. The minimum atomic E-state index is -0.370. The Morgan fingerprint density at radius 1 is 1.16 bits per heavy atom. The van der Waals surface area contributed by atoms with Crippen LogP contribution in [0.4, 0.5) is 10.5 Å². The van der Waals surface area contributed by atoms with Crippen molar-refractivity contribution >= 4 is 11.7 Å². The van der Waals surface area contributed by atoms with E-state index in [9.17, 15) is 4.79 Å². The van der Waals surface area contributed by atoms with Gasteiger partial charge < -0.3 is 16.4 Å². The Balaban J connectivity index is 2.66. The van der Waals surface area contributed by atoms with Gasteiger partial charge in [0.25, 0.3) is 0 Å². The zero-order chi connectivity index (χ0) is 14.7. The number of rotatable bonds is 4. The Hall–Kier alpha value is -1.55. The molecule has 0 aliphatic rings. The summed E-state index contributed by atoms with van der Waals surface area (Å²) >= 11 is 0. The Morgan fingerprint density at radius 2 is 1.68 bits per heavy atom. The van der Waals surface area contributed by atoms with Gasteiger partial charge in [0.05, 0.1) is 0 Å². The van der Waals surface area contributed by atoms with Gasteiger partial charge >= 0.3 is 6.03 Å². The van der Waals surface area contributed by atoms with Gasteiger partial charge in [-0.1, -0.05) is 19.1 Å². The zero-order valence-corrected chi connectivity index (χ0v) is 12.5. The van der Waals surface area contributed by atoms with Crippen LogP contribution in [0.1, 0.15) is 46.6 Å². The van der Waals surface area contributed by atoms with Crippen LogP contribution in [0.2, 0.25) is 0 Å². The molecule has 4 N–H and O–H groups in total. The highest BCUT2D eigenvalue weighted by Crippen LogP contribution is 2.19. The average molecular weight is 263 g/mol. The van der Waals surface area contributed by atoms with Crippen molar-refractivity contribution in [2.24, 2.45) is 5.73 Å². The van der Waals surface area contributed by atoms with E-state index in [0.717, 1.165) is 17.7 Å². The number of amides is 2. The van der Waals surface area contributed by atoms with E-state index in [1.807, 2.05) is 58.9 Å². The second kappa shape index (κ2) is 5.61. The first kappa shape index (κ1) is 15.5. The molecule has 0 aliphatic carbocycles. The SMILES string of the molecule is CCC(C)(C)NC(=O)Nc1ccc(C(C)(C)N)cc1. The van der Waals surface area contributed by atoms with E-state index in [-0.39, 0.29) is 17.1 Å². The van der Waals surface area contributed by atoms with Crippen molar-refractivity contribution in [2.45, 2.75) is 52.1 Å². The van der Waals surface area contributed by atoms with E-state index in [0.29, 0.717) is 0 Å². The number of hydrogen-bond donors (Lipinski definition) is 3.